The normalized spacial score (nSPS) is 9.84. The Balaban J connectivity index is 0.00000180. The fraction of sp³-hybridized carbons (Fsp3) is 0.143. The van der Waals surface area contributed by atoms with Crippen molar-refractivity contribution in [2.45, 2.75) is 6.54 Å². The number of benzene rings is 2. The molecular weight excluding hydrogens is 305 g/mol. The summed E-state index contributed by atoms with van der Waals surface area (Å²) in [6.45, 7) is 0.698. The molecule has 19 heavy (non-hydrogen) atoms. The van der Waals surface area contributed by atoms with E-state index in [-0.39, 0.29) is 12.4 Å². The Morgan fingerprint density at radius 2 is 1.63 bits per heavy atom. The monoisotopic (exact) mass is 317 g/mol. The van der Waals surface area contributed by atoms with Crippen LogP contribution >= 0.6 is 35.6 Å². The van der Waals surface area contributed by atoms with E-state index in [9.17, 15) is 0 Å². The van der Waals surface area contributed by atoms with Gasteiger partial charge in [0.1, 0.15) is 11.5 Å². The van der Waals surface area contributed by atoms with Crippen LogP contribution in [0.5, 0.6) is 11.5 Å². The predicted molar refractivity (Wildman–Crippen MR) is 83.0 cm³/mol. The van der Waals surface area contributed by atoms with Crippen LogP contribution in [0.1, 0.15) is 5.56 Å². The van der Waals surface area contributed by atoms with Gasteiger partial charge in [-0.3, -0.25) is 0 Å². The fourth-order valence-electron chi connectivity index (χ4n) is 1.61. The molecule has 2 aromatic rings. The van der Waals surface area contributed by atoms with Crippen LogP contribution in [-0.4, -0.2) is 7.05 Å². The molecule has 0 bridgehead atoms. The van der Waals surface area contributed by atoms with Gasteiger partial charge in [-0.25, -0.2) is 0 Å². The minimum absolute atomic E-state index is 0. The average Bonchev–Trinajstić information content (AvgIpc) is 2.36. The van der Waals surface area contributed by atoms with Crippen LogP contribution in [0.2, 0.25) is 10.0 Å². The molecule has 0 fully saturated rings. The first kappa shape index (κ1) is 16.1. The molecule has 0 unspecified atom stereocenters. The number of ether oxygens (including phenoxy) is 1. The first-order valence-electron chi connectivity index (χ1n) is 5.55. The molecule has 2 nitrogen and oxygen atoms in total. The minimum Gasteiger partial charge on any atom is -0.457 e. The second kappa shape index (κ2) is 7.61. The maximum absolute atomic E-state index is 5.98. The van der Waals surface area contributed by atoms with E-state index in [0.29, 0.717) is 16.6 Å². The molecule has 0 atom stereocenters. The van der Waals surface area contributed by atoms with Crippen molar-refractivity contribution >= 4 is 35.6 Å². The molecule has 0 heterocycles. The fourth-order valence-corrected chi connectivity index (χ4v) is 1.93. The molecule has 0 aliphatic rings. The van der Waals surface area contributed by atoms with Gasteiger partial charge in [0.25, 0.3) is 0 Å². The zero-order valence-electron chi connectivity index (χ0n) is 10.3. The third kappa shape index (κ3) is 4.59. The van der Waals surface area contributed by atoms with Crippen molar-refractivity contribution in [1.29, 1.82) is 0 Å². The number of halogens is 3. The predicted octanol–water partition coefficient (Wildman–Crippen LogP) is 4.93. The number of hydrogen-bond acceptors (Lipinski definition) is 2. The summed E-state index contributed by atoms with van der Waals surface area (Å²) in [6.07, 6.45) is 0. The van der Waals surface area contributed by atoms with Gasteiger partial charge in [-0.2, -0.15) is 0 Å². The zero-order chi connectivity index (χ0) is 13.0. The molecule has 2 aromatic carbocycles. The van der Waals surface area contributed by atoms with Gasteiger partial charge in [0, 0.05) is 22.2 Å². The first-order chi connectivity index (χ1) is 8.69. The Kier molecular flexibility index (Phi) is 6.46. The van der Waals surface area contributed by atoms with E-state index >= 15 is 0 Å². The van der Waals surface area contributed by atoms with Gasteiger partial charge >= 0.3 is 0 Å². The van der Waals surface area contributed by atoms with Gasteiger partial charge in [0.2, 0.25) is 0 Å². The van der Waals surface area contributed by atoms with Crippen LogP contribution in [-0.2, 0) is 6.54 Å². The highest BCUT2D eigenvalue weighted by atomic mass is 35.5. The van der Waals surface area contributed by atoms with E-state index in [0.717, 1.165) is 17.1 Å². The molecule has 0 radical (unpaired) electrons. The van der Waals surface area contributed by atoms with Crippen LogP contribution in [0.25, 0.3) is 0 Å². The van der Waals surface area contributed by atoms with Crippen LogP contribution in [0.3, 0.4) is 0 Å². The summed E-state index contributed by atoms with van der Waals surface area (Å²) in [5.41, 5.74) is 1.01. The summed E-state index contributed by atoms with van der Waals surface area (Å²) in [4.78, 5) is 0. The molecule has 5 heteroatoms. The number of rotatable bonds is 4. The second-order valence-electron chi connectivity index (χ2n) is 3.84. The summed E-state index contributed by atoms with van der Waals surface area (Å²) >= 11 is 11.8. The van der Waals surface area contributed by atoms with E-state index < -0.39 is 0 Å². The molecule has 2 rings (SSSR count). The molecule has 0 saturated carbocycles. The highest BCUT2D eigenvalue weighted by Gasteiger charge is 2.05. The van der Waals surface area contributed by atoms with Crippen LogP contribution in [0.4, 0.5) is 0 Å². The zero-order valence-corrected chi connectivity index (χ0v) is 12.6. The van der Waals surface area contributed by atoms with Gasteiger partial charge < -0.3 is 10.1 Å². The lowest BCUT2D eigenvalue weighted by Crippen LogP contribution is -2.06. The SMILES string of the molecule is CNCc1cc(Cl)ccc1Oc1ccc(Cl)cc1.Cl. The van der Waals surface area contributed by atoms with Crippen molar-refractivity contribution < 1.29 is 4.74 Å². The summed E-state index contributed by atoms with van der Waals surface area (Å²) < 4.78 is 5.81. The van der Waals surface area contributed by atoms with Crippen molar-refractivity contribution in [2.24, 2.45) is 0 Å². The Labute approximate surface area is 129 Å². The summed E-state index contributed by atoms with van der Waals surface area (Å²) in [7, 11) is 1.88. The number of nitrogens with one attached hydrogen (secondary N) is 1. The van der Waals surface area contributed by atoms with Crippen molar-refractivity contribution in [2.75, 3.05) is 7.05 Å². The lowest BCUT2D eigenvalue weighted by molar-refractivity contribution is 0.474. The van der Waals surface area contributed by atoms with Gasteiger partial charge in [-0.15, -0.1) is 12.4 Å². The largest absolute Gasteiger partial charge is 0.457 e. The lowest BCUT2D eigenvalue weighted by atomic mass is 10.2. The van der Waals surface area contributed by atoms with Crippen LogP contribution in [0, 0.1) is 0 Å². The maximum atomic E-state index is 5.98. The molecule has 102 valence electrons. The Hall–Kier alpha value is -0.930. The molecule has 1 N–H and O–H groups in total. The van der Waals surface area contributed by atoms with Crippen molar-refractivity contribution in [3.8, 4) is 11.5 Å². The molecular formula is C14H14Cl3NO. The van der Waals surface area contributed by atoms with Gasteiger partial charge in [0.05, 0.1) is 0 Å². The second-order valence-corrected chi connectivity index (χ2v) is 4.71. The third-order valence-corrected chi connectivity index (χ3v) is 2.92. The summed E-state index contributed by atoms with van der Waals surface area (Å²) in [5, 5.41) is 4.47. The topological polar surface area (TPSA) is 21.3 Å². The summed E-state index contributed by atoms with van der Waals surface area (Å²) in [5.74, 6) is 1.54. The van der Waals surface area contributed by atoms with E-state index in [1.807, 2.05) is 37.4 Å². The molecule has 0 aliphatic heterocycles. The van der Waals surface area contributed by atoms with E-state index in [4.69, 9.17) is 27.9 Å². The van der Waals surface area contributed by atoms with Crippen molar-refractivity contribution in [3.63, 3.8) is 0 Å². The van der Waals surface area contributed by atoms with Gasteiger partial charge in [-0.05, 0) is 49.5 Å². The van der Waals surface area contributed by atoms with Crippen molar-refractivity contribution in [1.82, 2.24) is 5.32 Å². The molecule has 0 saturated heterocycles. The van der Waals surface area contributed by atoms with E-state index in [1.165, 1.54) is 0 Å². The van der Waals surface area contributed by atoms with E-state index in [1.54, 1.807) is 12.1 Å². The Morgan fingerprint density at radius 1 is 1.00 bits per heavy atom. The highest BCUT2D eigenvalue weighted by Crippen LogP contribution is 2.28. The van der Waals surface area contributed by atoms with E-state index in [2.05, 4.69) is 5.32 Å². The summed E-state index contributed by atoms with van der Waals surface area (Å²) in [6, 6.07) is 12.8. The quantitative estimate of drug-likeness (QED) is 0.863. The average molecular weight is 319 g/mol. The Morgan fingerprint density at radius 3 is 2.26 bits per heavy atom. The highest BCUT2D eigenvalue weighted by molar-refractivity contribution is 6.30. The molecule has 0 spiro atoms. The van der Waals surface area contributed by atoms with Gasteiger partial charge in [-0.1, -0.05) is 23.2 Å². The van der Waals surface area contributed by atoms with Crippen LogP contribution in [0.15, 0.2) is 42.5 Å². The van der Waals surface area contributed by atoms with Crippen LogP contribution < -0.4 is 10.1 Å². The van der Waals surface area contributed by atoms with Gasteiger partial charge in [0.15, 0.2) is 0 Å². The Bertz CT molecular complexity index is 529. The lowest BCUT2D eigenvalue weighted by Gasteiger charge is -2.11. The molecule has 0 amide bonds. The smallest absolute Gasteiger partial charge is 0.132 e. The first-order valence-corrected chi connectivity index (χ1v) is 6.31. The third-order valence-electron chi connectivity index (χ3n) is 2.43. The number of hydrogen-bond donors (Lipinski definition) is 1. The molecule has 0 aromatic heterocycles. The maximum Gasteiger partial charge on any atom is 0.132 e. The van der Waals surface area contributed by atoms with Crippen molar-refractivity contribution in [3.05, 3.63) is 58.1 Å². The standard InChI is InChI=1S/C14H13Cl2NO.ClH/c1-17-9-10-8-12(16)4-7-14(10)18-13-5-2-11(15)3-6-13;/h2-8,17H,9H2,1H3;1H. The molecule has 0 aliphatic carbocycles. The minimum atomic E-state index is 0.